The van der Waals surface area contributed by atoms with Gasteiger partial charge in [-0.1, -0.05) is 50.1 Å². The predicted molar refractivity (Wildman–Crippen MR) is 283 cm³/mol. The number of aryl methyl sites for hydroxylation is 1. The number of nitrogens with zero attached hydrogens (tertiary/aromatic N) is 3. The molecule has 2 unspecified atom stereocenters. The Kier molecular flexibility index (Phi) is 12.5. The Labute approximate surface area is 471 Å². The number of aromatic hydroxyl groups is 1. The number of unbranched alkanes of at least 4 members (excludes halogenated alkanes) is 3. The van der Waals surface area contributed by atoms with Gasteiger partial charge in [0.05, 0.1) is 53.0 Å². The molecule has 1 aromatic heterocycles. The number of carbonyl (C=O) groups excluding carboxylic acids is 5. The fraction of sp³-hybridized carbons (Fsp3) is 0.557. The maximum Gasteiger partial charge on any atom is 0.343 e. The van der Waals surface area contributed by atoms with E-state index in [1.54, 1.807) is 74.1 Å². The molecule has 20 atom stereocenters. The Hall–Kier alpha value is -6.75. The molecule has 6 fully saturated rings. The molecule has 434 valence electrons. The Morgan fingerprint density at radius 2 is 1.57 bits per heavy atom. The summed E-state index contributed by atoms with van der Waals surface area (Å²) < 4.78 is 38.1. The number of Topliss-reactive ketones (excluding diaryl/α,β-unsaturated/α-hetero) is 1. The second-order valence-electron chi connectivity index (χ2n) is 25.1. The summed E-state index contributed by atoms with van der Waals surface area (Å²) in [6, 6.07) is 16.1. The topological polar surface area (TPSA) is 308 Å². The van der Waals surface area contributed by atoms with E-state index in [0.29, 0.717) is 77.4 Å². The number of fused-ring (bicyclic) bond motifs is 16. The van der Waals surface area contributed by atoms with E-state index in [-0.39, 0.29) is 36.5 Å². The van der Waals surface area contributed by atoms with Gasteiger partial charge in [-0.3, -0.25) is 19.1 Å². The molecule has 0 bridgehead atoms. The average Bonchev–Trinajstić information content (AvgIpc) is 1.45. The number of ether oxygens (including phenoxy) is 6. The highest BCUT2D eigenvalue weighted by Crippen LogP contribution is 2.76. The Morgan fingerprint density at radius 1 is 0.841 bits per heavy atom. The zero-order valence-electron chi connectivity index (χ0n) is 46.3. The number of aliphatic hydroxyl groups excluding tert-OH is 4. The zero-order chi connectivity index (χ0) is 57.9. The van der Waals surface area contributed by atoms with Crippen molar-refractivity contribution in [2.75, 3.05) is 0 Å². The summed E-state index contributed by atoms with van der Waals surface area (Å²) in [7, 11) is 0. The third kappa shape index (κ3) is 7.40. The number of benzene rings is 3. The van der Waals surface area contributed by atoms with E-state index in [1.165, 1.54) is 32.9 Å². The van der Waals surface area contributed by atoms with Crippen molar-refractivity contribution in [2.45, 2.75) is 153 Å². The van der Waals surface area contributed by atoms with Crippen molar-refractivity contribution in [3.05, 3.63) is 107 Å². The van der Waals surface area contributed by atoms with Crippen molar-refractivity contribution in [2.24, 2.45) is 57.7 Å². The van der Waals surface area contributed by atoms with Crippen molar-refractivity contribution in [1.82, 2.24) is 20.3 Å². The number of rotatable bonds is 13. The standard InChI is InChI=1S/C61H68N4O17/c1-27-21-41-58(5,59(6,76)56(75)81-41)47-44(27)60(28(2)66)45(50(47)71)43-46(52(54(60)73)78-29(3)67)57(4)37(24-40-51(80-40)53(57)72)48(49(43)70)62-42(69)15-9-7-8-12-20-65-25-30(63-64-65)26-77-32-17-19-36-39(23-32)79-38-22-31(68)16-18-35(38)61(36)34-14-11-10-13-33(34)55(74)82-61/h10-11,13-14,16-19,21-23,25,27,37,40,43-54,68,70-73,76H,7-9,12,15,20,24,26H2,1-6H3,(H,62,69)/t27-,37?,40+,43+,44+,45-,46-,47+,48+,49-,50-,51+,52+,53+,54+,57+,58+,59-,60-,61?/m1/s1. The second-order valence-corrected chi connectivity index (χ2v) is 25.1. The summed E-state index contributed by atoms with van der Waals surface area (Å²) in [5.41, 5.74) is -5.46. The normalized spacial score (nSPS) is 40.1. The molecular formula is C61H68N4O17. The minimum absolute atomic E-state index is 0.0103. The summed E-state index contributed by atoms with van der Waals surface area (Å²) in [5, 5.41) is 85.5. The number of hydrogen-bond donors (Lipinski definition) is 7. The molecule has 2 saturated heterocycles. The van der Waals surface area contributed by atoms with E-state index in [1.807, 2.05) is 12.1 Å². The van der Waals surface area contributed by atoms with Gasteiger partial charge in [0.1, 0.15) is 65.2 Å². The summed E-state index contributed by atoms with van der Waals surface area (Å²) in [6.07, 6.45) is -2.11. The SMILES string of the molecule is CC(=O)O[C@H]1[C@H]2[C@@H]([C@@H](O)[C@@H](NC(=O)CCCCCCn3cc(COc4ccc5c(c4)Oc4cc(O)ccc4C54OC(=O)c5ccccc54)nn3)C3C[C@@H]4O[C@@H]4[C@H](O)[C@@]32C)[C@@H]2[C@@H](O)[C@@H]3[C@H]([C@H](C)C=C4OC(=O)[C@@](C)(O)[C@@]43C)[C@@]2(C(C)=O)[C@H]1O. The van der Waals surface area contributed by atoms with Crippen LogP contribution in [0.1, 0.15) is 113 Å². The van der Waals surface area contributed by atoms with Gasteiger partial charge in [-0.05, 0) is 94.2 Å². The molecule has 4 aromatic rings. The maximum atomic E-state index is 14.8. The lowest BCUT2D eigenvalue weighted by molar-refractivity contribution is -0.278. The van der Waals surface area contributed by atoms with Crippen LogP contribution in [0.2, 0.25) is 0 Å². The van der Waals surface area contributed by atoms with Crippen LogP contribution in [0.3, 0.4) is 0 Å². The third-order valence-corrected chi connectivity index (χ3v) is 21.2. The van der Waals surface area contributed by atoms with E-state index >= 15 is 0 Å². The summed E-state index contributed by atoms with van der Waals surface area (Å²) in [5.74, 6) is -8.72. The number of carbonyl (C=O) groups is 5. The van der Waals surface area contributed by atoms with Gasteiger partial charge in [0.2, 0.25) is 5.91 Å². The number of aliphatic hydroxyl groups is 5. The molecule has 0 radical (unpaired) electrons. The second kappa shape index (κ2) is 18.9. The monoisotopic (exact) mass is 1130 g/mol. The first-order chi connectivity index (χ1) is 39.0. The quantitative estimate of drug-likeness (QED) is 0.0425. The van der Waals surface area contributed by atoms with Gasteiger partial charge in [0, 0.05) is 77.8 Å². The summed E-state index contributed by atoms with van der Waals surface area (Å²) in [6.45, 7) is 9.56. The van der Waals surface area contributed by atoms with Crippen LogP contribution in [0.5, 0.6) is 23.0 Å². The van der Waals surface area contributed by atoms with Crippen LogP contribution in [0, 0.1) is 57.7 Å². The number of phenolic OH excluding ortho intramolecular Hbond substituents is 1. The molecule has 5 aliphatic carbocycles. The summed E-state index contributed by atoms with van der Waals surface area (Å²) in [4.78, 5) is 68.7. The minimum atomic E-state index is -2.18. The molecule has 1 spiro atoms. The van der Waals surface area contributed by atoms with Crippen molar-refractivity contribution < 1.29 is 83.0 Å². The van der Waals surface area contributed by atoms with E-state index in [9.17, 15) is 54.6 Å². The molecule has 21 heteroatoms. The number of allylic oxidation sites excluding steroid dienone is 1. The third-order valence-electron chi connectivity index (χ3n) is 21.2. The Morgan fingerprint density at radius 3 is 2.33 bits per heavy atom. The van der Waals surface area contributed by atoms with E-state index in [4.69, 9.17) is 28.4 Å². The zero-order valence-corrected chi connectivity index (χ0v) is 46.3. The molecular weight excluding hydrogens is 1060 g/mol. The molecule has 7 N–H and O–H groups in total. The number of ketones is 1. The van der Waals surface area contributed by atoms with Gasteiger partial charge in [-0.25, -0.2) is 9.59 Å². The first-order valence-corrected chi connectivity index (χ1v) is 28.5. The molecule has 4 aliphatic heterocycles. The fourth-order valence-corrected chi connectivity index (χ4v) is 17.5. The van der Waals surface area contributed by atoms with Crippen molar-refractivity contribution in [3.8, 4) is 23.0 Å². The number of phenols is 1. The molecule has 9 aliphatic rings. The van der Waals surface area contributed by atoms with Gasteiger partial charge < -0.3 is 64.4 Å². The van der Waals surface area contributed by atoms with Crippen LogP contribution < -0.4 is 14.8 Å². The van der Waals surface area contributed by atoms with Crippen LogP contribution >= 0.6 is 0 Å². The van der Waals surface area contributed by atoms with E-state index < -0.39 is 135 Å². The number of amides is 1. The molecule has 1 amide bonds. The number of esters is 3. The number of epoxide rings is 1. The van der Waals surface area contributed by atoms with Crippen molar-refractivity contribution >= 4 is 29.6 Å². The lowest BCUT2D eigenvalue weighted by atomic mass is 9.39. The van der Waals surface area contributed by atoms with E-state index in [0.717, 1.165) is 6.42 Å². The molecule has 3 aromatic carbocycles. The molecule has 21 nitrogen and oxygen atoms in total. The Bertz CT molecular complexity index is 3380. The maximum absolute atomic E-state index is 14.8. The highest BCUT2D eigenvalue weighted by Gasteiger charge is 2.84. The molecule has 13 rings (SSSR count). The van der Waals surface area contributed by atoms with Crippen LogP contribution in [-0.2, 0) is 56.9 Å². The molecule has 4 saturated carbocycles. The van der Waals surface area contributed by atoms with Crippen molar-refractivity contribution in [1.29, 1.82) is 0 Å². The number of hydrogen-bond acceptors (Lipinski definition) is 19. The largest absolute Gasteiger partial charge is 0.508 e. The van der Waals surface area contributed by atoms with Crippen molar-refractivity contribution in [3.63, 3.8) is 0 Å². The average molecular weight is 1130 g/mol. The predicted octanol–water partition coefficient (Wildman–Crippen LogP) is 4.28. The molecule has 5 heterocycles. The van der Waals surface area contributed by atoms with Crippen LogP contribution in [0.15, 0.2) is 78.7 Å². The minimum Gasteiger partial charge on any atom is -0.508 e. The van der Waals surface area contributed by atoms with E-state index in [2.05, 4.69) is 15.6 Å². The van der Waals surface area contributed by atoms with Gasteiger partial charge in [-0.2, -0.15) is 0 Å². The smallest absolute Gasteiger partial charge is 0.343 e. The first-order valence-electron chi connectivity index (χ1n) is 28.5. The van der Waals surface area contributed by atoms with Crippen LogP contribution in [0.4, 0.5) is 0 Å². The lowest BCUT2D eigenvalue weighted by Crippen LogP contribution is -2.77. The van der Waals surface area contributed by atoms with Crippen LogP contribution in [-0.4, -0.2) is 130 Å². The van der Waals surface area contributed by atoms with Gasteiger partial charge in [0.15, 0.2) is 11.2 Å². The number of aromatic nitrogens is 3. The number of nitrogens with one attached hydrogen (secondary N) is 1. The highest BCUT2D eigenvalue weighted by atomic mass is 16.6. The highest BCUT2D eigenvalue weighted by molar-refractivity contribution is 5.97. The lowest BCUT2D eigenvalue weighted by Gasteiger charge is -2.67. The first kappa shape index (κ1) is 54.5. The molecule has 82 heavy (non-hydrogen) atoms. The van der Waals surface area contributed by atoms with Gasteiger partial charge in [-0.15, -0.1) is 5.10 Å². The fourth-order valence-electron chi connectivity index (χ4n) is 17.5. The van der Waals surface area contributed by atoms with Gasteiger partial charge in [0.25, 0.3) is 0 Å². The Balaban J connectivity index is 0.677. The summed E-state index contributed by atoms with van der Waals surface area (Å²) >= 11 is 0. The van der Waals surface area contributed by atoms with Gasteiger partial charge >= 0.3 is 17.9 Å². The van der Waals surface area contributed by atoms with Crippen LogP contribution in [0.25, 0.3) is 0 Å².